The van der Waals surface area contributed by atoms with Gasteiger partial charge in [0.2, 0.25) is 0 Å². The molecule has 4 nitrogen and oxygen atoms in total. The number of nitrogens with two attached hydrogens (primary N) is 1. The van der Waals surface area contributed by atoms with Gasteiger partial charge in [0.15, 0.2) is 0 Å². The molecule has 0 aliphatic heterocycles. The van der Waals surface area contributed by atoms with Gasteiger partial charge in [-0.1, -0.05) is 11.6 Å². The van der Waals surface area contributed by atoms with Gasteiger partial charge in [-0.25, -0.2) is 0 Å². The summed E-state index contributed by atoms with van der Waals surface area (Å²) in [5.41, 5.74) is 7.32. The molecule has 0 radical (unpaired) electrons. The maximum Gasteiger partial charge on any atom is 0.0751 e. The fourth-order valence-corrected chi connectivity index (χ4v) is 3.75. The van der Waals surface area contributed by atoms with Crippen LogP contribution in [0.25, 0.3) is 0 Å². The van der Waals surface area contributed by atoms with Gasteiger partial charge in [0, 0.05) is 13.1 Å². The normalized spacial score (nSPS) is 34.5. The van der Waals surface area contributed by atoms with Gasteiger partial charge in [0.1, 0.15) is 0 Å². The lowest BCUT2D eigenvalue weighted by Gasteiger charge is -2.24. The van der Waals surface area contributed by atoms with E-state index in [4.69, 9.17) is 5.73 Å². The zero-order chi connectivity index (χ0) is 11.1. The molecule has 1 heterocycles. The summed E-state index contributed by atoms with van der Waals surface area (Å²) >= 11 is 0. The maximum absolute atomic E-state index is 6.25. The topological polar surface area (TPSA) is 56.7 Å². The molecule has 3 rings (SSSR count). The van der Waals surface area contributed by atoms with Crippen LogP contribution in [0.1, 0.15) is 43.8 Å². The monoisotopic (exact) mass is 220 g/mol. The Morgan fingerprint density at radius 2 is 2.38 bits per heavy atom. The molecule has 0 aromatic carbocycles. The Morgan fingerprint density at radius 1 is 1.50 bits per heavy atom. The number of rotatable bonds is 3. The third-order valence-corrected chi connectivity index (χ3v) is 4.57. The van der Waals surface area contributed by atoms with E-state index in [1.54, 1.807) is 10.9 Å². The number of aromatic nitrogens is 3. The van der Waals surface area contributed by atoms with Gasteiger partial charge in [-0.2, -0.15) is 0 Å². The first-order valence-corrected chi connectivity index (χ1v) is 6.34. The quantitative estimate of drug-likeness (QED) is 0.842. The Hall–Kier alpha value is -0.900. The second-order valence-corrected chi connectivity index (χ2v) is 5.56. The lowest BCUT2D eigenvalue weighted by Crippen LogP contribution is -2.21. The van der Waals surface area contributed by atoms with Gasteiger partial charge in [0.05, 0.1) is 11.9 Å². The molecule has 2 aliphatic carbocycles. The van der Waals surface area contributed by atoms with Crippen molar-refractivity contribution in [1.82, 2.24) is 15.0 Å². The first kappa shape index (κ1) is 10.3. The fourth-order valence-electron chi connectivity index (χ4n) is 3.75. The largest absolute Gasteiger partial charge is 0.323 e. The highest BCUT2D eigenvalue weighted by atomic mass is 15.4. The first-order chi connectivity index (χ1) is 7.74. The number of fused-ring (bicyclic) bond motifs is 2. The van der Waals surface area contributed by atoms with Crippen molar-refractivity contribution in [2.75, 3.05) is 0 Å². The number of hydrogen-bond donors (Lipinski definition) is 1. The van der Waals surface area contributed by atoms with Crippen LogP contribution in [0.2, 0.25) is 0 Å². The van der Waals surface area contributed by atoms with E-state index in [2.05, 4.69) is 10.3 Å². The van der Waals surface area contributed by atoms with Gasteiger partial charge in [-0.05, 0) is 43.4 Å². The van der Waals surface area contributed by atoms with Gasteiger partial charge >= 0.3 is 0 Å². The summed E-state index contributed by atoms with van der Waals surface area (Å²) in [5, 5.41) is 7.85. The fraction of sp³-hybridized carbons (Fsp3) is 0.833. The minimum absolute atomic E-state index is 0.115. The molecule has 2 aliphatic rings. The van der Waals surface area contributed by atoms with Crippen molar-refractivity contribution in [3.63, 3.8) is 0 Å². The minimum Gasteiger partial charge on any atom is -0.323 e. The van der Waals surface area contributed by atoms with Crippen LogP contribution in [0.4, 0.5) is 0 Å². The van der Waals surface area contributed by atoms with E-state index in [9.17, 15) is 0 Å². The molecule has 0 amide bonds. The highest BCUT2D eigenvalue weighted by molar-refractivity contribution is 5.02. The third-order valence-electron chi connectivity index (χ3n) is 4.57. The molecule has 2 N–H and O–H groups in total. The Kier molecular flexibility index (Phi) is 2.46. The number of nitrogens with zero attached hydrogens (tertiary/aromatic N) is 3. The summed E-state index contributed by atoms with van der Waals surface area (Å²) in [5.74, 6) is 2.81. The Morgan fingerprint density at radius 3 is 2.94 bits per heavy atom. The minimum atomic E-state index is 0.115. The zero-order valence-corrected chi connectivity index (χ0v) is 9.84. The number of aryl methyl sites for hydroxylation is 1. The van der Waals surface area contributed by atoms with Crippen LogP contribution in [-0.4, -0.2) is 15.0 Å². The lowest BCUT2D eigenvalue weighted by atomic mass is 9.84. The second kappa shape index (κ2) is 3.84. The lowest BCUT2D eigenvalue weighted by molar-refractivity contribution is 0.292. The molecule has 16 heavy (non-hydrogen) atoms. The van der Waals surface area contributed by atoms with Crippen LogP contribution >= 0.6 is 0 Å². The average Bonchev–Trinajstić information content (AvgIpc) is 2.92. The van der Waals surface area contributed by atoms with Gasteiger partial charge in [-0.15, -0.1) is 5.10 Å². The second-order valence-electron chi connectivity index (χ2n) is 5.56. The van der Waals surface area contributed by atoms with Crippen molar-refractivity contribution in [2.45, 2.75) is 38.1 Å². The summed E-state index contributed by atoms with van der Waals surface area (Å²) in [7, 11) is 1.92. The molecule has 0 spiro atoms. The van der Waals surface area contributed by atoms with Crippen LogP contribution in [0, 0.1) is 17.8 Å². The van der Waals surface area contributed by atoms with Crippen LogP contribution in [0.15, 0.2) is 6.20 Å². The highest BCUT2D eigenvalue weighted by Crippen LogP contribution is 2.50. The van der Waals surface area contributed by atoms with E-state index >= 15 is 0 Å². The maximum atomic E-state index is 6.25. The molecule has 0 saturated heterocycles. The summed E-state index contributed by atoms with van der Waals surface area (Å²) in [4.78, 5) is 0. The van der Waals surface area contributed by atoms with E-state index in [1.807, 2.05) is 7.05 Å². The molecule has 2 bridgehead atoms. The van der Waals surface area contributed by atoms with Crippen molar-refractivity contribution in [1.29, 1.82) is 0 Å². The Balaban J connectivity index is 1.65. The Labute approximate surface area is 96.2 Å². The molecule has 4 heteroatoms. The third kappa shape index (κ3) is 1.65. The van der Waals surface area contributed by atoms with E-state index in [1.165, 1.54) is 25.7 Å². The highest BCUT2D eigenvalue weighted by Gasteiger charge is 2.40. The molecule has 4 unspecified atom stereocenters. The van der Waals surface area contributed by atoms with Gasteiger partial charge in [-0.3, -0.25) is 4.68 Å². The summed E-state index contributed by atoms with van der Waals surface area (Å²) in [6.07, 6.45) is 8.68. The molecular weight excluding hydrogens is 200 g/mol. The Bertz CT molecular complexity index is 373. The number of hydrogen-bond acceptors (Lipinski definition) is 3. The SMILES string of the molecule is Cn1nncc1C(N)CC1CC2CCC1C2. The van der Waals surface area contributed by atoms with E-state index in [0.29, 0.717) is 0 Å². The smallest absolute Gasteiger partial charge is 0.0751 e. The summed E-state index contributed by atoms with van der Waals surface area (Å²) in [6, 6.07) is 0.115. The van der Waals surface area contributed by atoms with E-state index in [-0.39, 0.29) is 6.04 Å². The van der Waals surface area contributed by atoms with Gasteiger partial charge < -0.3 is 5.73 Å². The predicted octanol–water partition coefficient (Wildman–Crippen LogP) is 1.64. The van der Waals surface area contributed by atoms with Gasteiger partial charge in [0.25, 0.3) is 0 Å². The summed E-state index contributed by atoms with van der Waals surface area (Å²) < 4.78 is 1.80. The van der Waals surface area contributed by atoms with Crippen molar-refractivity contribution in [2.24, 2.45) is 30.5 Å². The molecule has 88 valence electrons. The van der Waals surface area contributed by atoms with Crippen molar-refractivity contribution < 1.29 is 0 Å². The molecule has 1 aromatic rings. The van der Waals surface area contributed by atoms with Crippen LogP contribution in [-0.2, 0) is 7.05 Å². The molecule has 2 fully saturated rings. The van der Waals surface area contributed by atoms with Crippen molar-refractivity contribution >= 4 is 0 Å². The van der Waals surface area contributed by atoms with E-state index in [0.717, 1.165) is 29.9 Å². The van der Waals surface area contributed by atoms with Crippen molar-refractivity contribution in [3.05, 3.63) is 11.9 Å². The molecule has 4 atom stereocenters. The summed E-state index contributed by atoms with van der Waals surface area (Å²) in [6.45, 7) is 0. The van der Waals surface area contributed by atoms with E-state index < -0.39 is 0 Å². The van der Waals surface area contributed by atoms with Crippen LogP contribution < -0.4 is 5.73 Å². The predicted molar refractivity (Wildman–Crippen MR) is 61.5 cm³/mol. The molecule has 2 saturated carbocycles. The molecular formula is C12H20N4. The first-order valence-electron chi connectivity index (χ1n) is 6.34. The molecule has 1 aromatic heterocycles. The van der Waals surface area contributed by atoms with Crippen LogP contribution in [0.3, 0.4) is 0 Å². The standard InChI is InChI=1S/C12H20N4/c1-16-12(7-14-15-16)11(13)6-10-5-8-2-3-9(10)4-8/h7-11H,2-6,13H2,1H3. The van der Waals surface area contributed by atoms with Crippen molar-refractivity contribution in [3.8, 4) is 0 Å². The van der Waals surface area contributed by atoms with Crippen LogP contribution in [0.5, 0.6) is 0 Å². The average molecular weight is 220 g/mol. The zero-order valence-electron chi connectivity index (χ0n) is 9.84.